The third-order valence-electron chi connectivity index (χ3n) is 3.04. The molecule has 0 aliphatic carbocycles. The lowest BCUT2D eigenvalue weighted by atomic mass is 10.1. The van der Waals surface area contributed by atoms with Gasteiger partial charge >= 0.3 is 0 Å². The maximum absolute atomic E-state index is 11.9. The van der Waals surface area contributed by atoms with Crippen molar-refractivity contribution in [3.05, 3.63) is 75.8 Å². The van der Waals surface area contributed by atoms with Gasteiger partial charge in [0.2, 0.25) is 0 Å². The van der Waals surface area contributed by atoms with E-state index in [4.69, 9.17) is 0 Å². The van der Waals surface area contributed by atoms with Crippen LogP contribution in [0.5, 0.6) is 0 Å². The molecule has 1 atom stereocenters. The molecule has 0 fully saturated rings. The number of rotatable bonds is 5. The number of non-ortho nitro benzene ring substituents is 1. The number of carbonyl (C=O) groups excluding carboxylic acids is 1. The maximum atomic E-state index is 11.9. The Bertz CT molecular complexity index is 626. The molecular weight excluding hydrogens is 270 g/mol. The van der Waals surface area contributed by atoms with Gasteiger partial charge in [-0.2, -0.15) is 0 Å². The second-order valence-corrected chi connectivity index (χ2v) is 4.53. The van der Waals surface area contributed by atoms with Gasteiger partial charge in [-0.15, -0.1) is 0 Å². The van der Waals surface area contributed by atoms with Crippen molar-refractivity contribution < 1.29 is 9.72 Å². The number of amides is 1. The van der Waals surface area contributed by atoms with Crippen molar-refractivity contribution in [2.45, 2.75) is 13.0 Å². The average Bonchev–Trinajstić information content (AvgIpc) is 2.53. The van der Waals surface area contributed by atoms with Gasteiger partial charge in [0.1, 0.15) is 0 Å². The van der Waals surface area contributed by atoms with Gasteiger partial charge in [-0.25, -0.2) is 5.43 Å². The number of benzene rings is 2. The van der Waals surface area contributed by atoms with Gasteiger partial charge in [0.25, 0.3) is 11.6 Å². The minimum atomic E-state index is -0.445. The van der Waals surface area contributed by atoms with Gasteiger partial charge in [-0.05, 0) is 24.6 Å². The van der Waals surface area contributed by atoms with Crippen molar-refractivity contribution in [3.8, 4) is 0 Å². The molecule has 0 radical (unpaired) electrons. The van der Waals surface area contributed by atoms with E-state index in [1.807, 2.05) is 13.0 Å². The summed E-state index contributed by atoms with van der Waals surface area (Å²) in [5.74, 6) is -0.232. The molecule has 0 aliphatic rings. The number of nitrogens with zero attached hydrogens (tertiary/aromatic N) is 1. The number of nitrogens with one attached hydrogen (secondary N) is 2. The van der Waals surface area contributed by atoms with Gasteiger partial charge in [0.05, 0.1) is 4.92 Å². The largest absolute Gasteiger partial charge is 0.287 e. The Morgan fingerprint density at radius 1 is 1.10 bits per heavy atom. The molecule has 2 aromatic rings. The molecule has 21 heavy (non-hydrogen) atoms. The first-order chi connectivity index (χ1) is 10.1. The lowest BCUT2D eigenvalue weighted by Gasteiger charge is -2.15. The molecule has 2 rings (SSSR count). The fourth-order valence-corrected chi connectivity index (χ4v) is 1.80. The molecule has 0 aromatic heterocycles. The zero-order chi connectivity index (χ0) is 15.2. The van der Waals surface area contributed by atoms with Crippen molar-refractivity contribution in [3.63, 3.8) is 0 Å². The van der Waals surface area contributed by atoms with Crippen LogP contribution in [0.25, 0.3) is 0 Å². The zero-order valence-corrected chi connectivity index (χ0v) is 11.4. The molecular formula is C15H15N3O3. The van der Waals surface area contributed by atoms with Crippen LogP contribution >= 0.6 is 0 Å². The van der Waals surface area contributed by atoms with Crippen molar-refractivity contribution in [2.24, 2.45) is 0 Å². The molecule has 1 amide bonds. The minimum Gasteiger partial charge on any atom is -0.287 e. The molecule has 1 unspecified atom stereocenters. The summed E-state index contributed by atoms with van der Waals surface area (Å²) < 4.78 is 0. The van der Waals surface area contributed by atoms with Gasteiger partial charge in [0, 0.05) is 23.7 Å². The Morgan fingerprint density at radius 2 is 1.71 bits per heavy atom. The summed E-state index contributed by atoms with van der Waals surface area (Å²) in [6, 6.07) is 14.9. The average molecular weight is 285 g/mol. The van der Waals surface area contributed by atoms with E-state index in [1.54, 1.807) is 36.4 Å². The van der Waals surface area contributed by atoms with Crippen LogP contribution < -0.4 is 10.9 Å². The summed E-state index contributed by atoms with van der Waals surface area (Å²) in [7, 11) is 0. The summed E-state index contributed by atoms with van der Waals surface area (Å²) in [5, 5.41) is 10.6. The fraction of sp³-hybridized carbons (Fsp3) is 0.133. The van der Waals surface area contributed by atoms with E-state index in [1.165, 1.54) is 12.1 Å². The van der Waals surface area contributed by atoms with Gasteiger partial charge in [-0.3, -0.25) is 20.3 Å². The lowest BCUT2D eigenvalue weighted by Crippen LogP contribution is -2.39. The summed E-state index contributed by atoms with van der Waals surface area (Å²) in [4.78, 5) is 22.0. The normalized spacial score (nSPS) is 11.7. The highest BCUT2D eigenvalue weighted by Crippen LogP contribution is 2.16. The molecule has 0 bridgehead atoms. The Labute approximate surface area is 121 Å². The molecule has 6 nitrogen and oxygen atoms in total. The first-order valence-electron chi connectivity index (χ1n) is 6.43. The Hall–Kier alpha value is -2.73. The number of nitro benzene ring substituents is 1. The first kappa shape index (κ1) is 14.7. The van der Waals surface area contributed by atoms with E-state index in [0.29, 0.717) is 5.56 Å². The van der Waals surface area contributed by atoms with Crippen LogP contribution in [0.2, 0.25) is 0 Å². The molecule has 0 spiro atoms. The van der Waals surface area contributed by atoms with Gasteiger partial charge < -0.3 is 0 Å². The van der Waals surface area contributed by atoms with Crippen molar-refractivity contribution in [1.82, 2.24) is 10.9 Å². The zero-order valence-electron chi connectivity index (χ0n) is 11.4. The van der Waals surface area contributed by atoms with Crippen LogP contribution in [0.1, 0.15) is 28.9 Å². The number of hydrogen-bond donors (Lipinski definition) is 2. The maximum Gasteiger partial charge on any atom is 0.269 e. The first-order valence-corrected chi connectivity index (χ1v) is 6.43. The van der Waals surface area contributed by atoms with Crippen LogP contribution in [0.3, 0.4) is 0 Å². The molecule has 0 aliphatic heterocycles. The summed E-state index contributed by atoms with van der Waals surface area (Å²) in [6.45, 7) is 1.85. The summed E-state index contributed by atoms with van der Waals surface area (Å²) in [6.07, 6.45) is 0. The van der Waals surface area contributed by atoms with Crippen LogP contribution in [0.15, 0.2) is 54.6 Å². The topological polar surface area (TPSA) is 84.3 Å². The molecule has 0 heterocycles. The quantitative estimate of drug-likeness (QED) is 0.653. The highest BCUT2D eigenvalue weighted by atomic mass is 16.6. The smallest absolute Gasteiger partial charge is 0.269 e. The van der Waals surface area contributed by atoms with Crippen LogP contribution in [-0.4, -0.2) is 10.8 Å². The third kappa shape index (κ3) is 3.87. The van der Waals surface area contributed by atoms with E-state index in [9.17, 15) is 14.9 Å². The van der Waals surface area contributed by atoms with Crippen LogP contribution in [-0.2, 0) is 0 Å². The highest BCUT2D eigenvalue weighted by molar-refractivity contribution is 5.93. The standard InChI is InChI=1S/C15H15N3O3/c1-11(12-7-9-14(10-8-12)18(20)21)16-17-15(19)13-5-3-2-4-6-13/h2-11,16H,1H3,(H,17,19). The lowest BCUT2D eigenvalue weighted by molar-refractivity contribution is -0.384. The predicted molar refractivity (Wildman–Crippen MR) is 78.6 cm³/mol. The van der Waals surface area contributed by atoms with Crippen molar-refractivity contribution >= 4 is 11.6 Å². The van der Waals surface area contributed by atoms with Crippen molar-refractivity contribution in [1.29, 1.82) is 0 Å². The molecule has 2 N–H and O–H groups in total. The molecule has 0 saturated carbocycles. The Kier molecular flexibility index (Phi) is 4.63. The van der Waals surface area contributed by atoms with Crippen LogP contribution in [0.4, 0.5) is 5.69 Å². The SMILES string of the molecule is CC(NNC(=O)c1ccccc1)c1ccc([N+](=O)[O-])cc1. The Morgan fingerprint density at radius 3 is 2.29 bits per heavy atom. The number of hydrazine groups is 1. The van der Waals surface area contributed by atoms with Crippen molar-refractivity contribution in [2.75, 3.05) is 0 Å². The monoisotopic (exact) mass is 285 g/mol. The van der Waals surface area contributed by atoms with E-state index in [0.717, 1.165) is 5.56 Å². The van der Waals surface area contributed by atoms with E-state index in [2.05, 4.69) is 10.9 Å². The molecule has 108 valence electrons. The highest BCUT2D eigenvalue weighted by Gasteiger charge is 2.10. The van der Waals surface area contributed by atoms with Gasteiger partial charge in [0.15, 0.2) is 0 Å². The molecule has 0 saturated heterocycles. The van der Waals surface area contributed by atoms with Gasteiger partial charge in [-0.1, -0.05) is 30.3 Å². The van der Waals surface area contributed by atoms with E-state index in [-0.39, 0.29) is 17.6 Å². The molecule has 6 heteroatoms. The third-order valence-corrected chi connectivity index (χ3v) is 3.04. The summed E-state index contributed by atoms with van der Waals surface area (Å²) >= 11 is 0. The second-order valence-electron chi connectivity index (χ2n) is 4.53. The fourth-order valence-electron chi connectivity index (χ4n) is 1.80. The Balaban J connectivity index is 1.94. The minimum absolute atomic E-state index is 0.0410. The van der Waals surface area contributed by atoms with E-state index < -0.39 is 4.92 Å². The summed E-state index contributed by atoms with van der Waals surface area (Å²) in [5.41, 5.74) is 6.93. The predicted octanol–water partition coefficient (Wildman–Crippen LogP) is 2.59. The number of carbonyl (C=O) groups is 1. The second kappa shape index (κ2) is 6.62. The van der Waals surface area contributed by atoms with Crippen LogP contribution in [0, 0.1) is 10.1 Å². The number of hydrogen-bond acceptors (Lipinski definition) is 4. The number of nitro groups is 1. The van der Waals surface area contributed by atoms with E-state index >= 15 is 0 Å². The molecule has 2 aromatic carbocycles.